The van der Waals surface area contributed by atoms with Crippen molar-refractivity contribution in [1.82, 2.24) is 4.84 Å². The Bertz CT molecular complexity index is 362. The first kappa shape index (κ1) is 14.7. The van der Waals surface area contributed by atoms with Gasteiger partial charge in [-0.15, -0.1) is 0 Å². The smallest absolute Gasteiger partial charge is 0.0343 e. The minimum absolute atomic E-state index is 0.862. The summed E-state index contributed by atoms with van der Waals surface area (Å²) < 4.78 is 0. The highest BCUT2D eigenvalue weighted by molar-refractivity contribution is 6.13. The van der Waals surface area contributed by atoms with E-state index in [2.05, 4.69) is 34.4 Å². The lowest BCUT2D eigenvalue weighted by atomic mass is 9.89. The Hall–Kier alpha value is -0.730. The fourth-order valence-electron chi connectivity index (χ4n) is 2.85. The van der Waals surface area contributed by atoms with Crippen LogP contribution in [0.1, 0.15) is 44.1 Å². The molecule has 1 aliphatic rings. The summed E-state index contributed by atoms with van der Waals surface area (Å²) in [5.74, 6) is 0.873. The van der Waals surface area contributed by atoms with Crippen molar-refractivity contribution in [2.75, 3.05) is 18.4 Å². The Labute approximate surface area is 122 Å². The van der Waals surface area contributed by atoms with Crippen molar-refractivity contribution in [3.8, 4) is 0 Å². The molecule has 1 aliphatic carbocycles. The summed E-state index contributed by atoms with van der Waals surface area (Å²) in [4.78, 5) is 2.68. The molecule has 0 aliphatic heterocycles. The molecule has 0 heterocycles. The highest BCUT2D eigenvalue weighted by Gasteiger charge is 2.12. The highest BCUT2D eigenvalue weighted by atomic mass is 35.5. The van der Waals surface area contributed by atoms with Crippen LogP contribution in [0.25, 0.3) is 0 Å². The predicted octanol–water partition coefficient (Wildman–Crippen LogP) is 4.35. The van der Waals surface area contributed by atoms with Gasteiger partial charge >= 0.3 is 0 Å². The number of hydrogen-bond donors (Lipinski definition) is 2. The van der Waals surface area contributed by atoms with Crippen LogP contribution in [0.15, 0.2) is 24.3 Å². The molecule has 0 aromatic heterocycles. The van der Waals surface area contributed by atoms with Gasteiger partial charge in [-0.1, -0.05) is 31.4 Å². The Kier molecular flexibility index (Phi) is 6.52. The van der Waals surface area contributed by atoms with Crippen LogP contribution in [0, 0.1) is 5.92 Å². The Balaban J connectivity index is 1.77. The summed E-state index contributed by atoms with van der Waals surface area (Å²) in [5.41, 5.74) is 2.66. The van der Waals surface area contributed by atoms with Crippen molar-refractivity contribution in [1.29, 1.82) is 0 Å². The van der Waals surface area contributed by atoms with Crippen LogP contribution in [0.2, 0.25) is 0 Å². The molecule has 2 nitrogen and oxygen atoms in total. The second-order valence-electron chi connectivity index (χ2n) is 5.57. The monoisotopic (exact) mass is 280 g/mol. The van der Waals surface area contributed by atoms with Crippen molar-refractivity contribution in [3.63, 3.8) is 0 Å². The van der Waals surface area contributed by atoms with E-state index in [-0.39, 0.29) is 0 Å². The van der Waals surface area contributed by atoms with Gasteiger partial charge in [0.05, 0.1) is 0 Å². The summed E-state index contributed by atoms with van der Waals surface area (Å²) in [5, 5.41) is 3.60. The van der Waals surface area contributed by atoms with E-state index < -0.39 is 0 Å². The van der Waals surface area contributed by atoms with Crippen LogP contribution in [0.3, 0.4) is 0 Å². The average Bonchev–Trinajstić information content (AvgIpc) is 2.47. The lowest BCUT2D eigenvalue weighted by Crippen LogP contribution is -2.17. The standard InChI is InChI=1S/C16H25ClN2/c17-19-11-5-9-14-8-4-10-16(12-14)18-13-15-6-2-1-3-7-15/h4,8,10,12,15,18-19H,1-3,5-7,9,11,13H2. The molecule has 19 heavy (non-hydrogen) atoms. The number of halogens is 1. The lowest BCUT2D eigenvalue weighted by molar-refractivity contribution is 0.373. The van der Waals surface area contributed by atoms with Gasteiger partial charge in [-0.3, -0.25) is 0 Å². The van der Waals surface area contributed by atoms with Crippen molar-refractivity contribution in [2.24, 2.45) is 5.92 Å². The molecule has 1 aromatic rings. The second-order valence-corrected chi connectivity index (χ2v) is 5.84. The Morgan fingerprint density at radius 2 is 2.00 bits per heavy atom. The molecule has 1 fully saturated rings. The third-order valence-corrected chi connectivity index (χ3v) is 4.17. The molecule has 0 unspecified atom stereocenters. The highest BCUT2D eigenvalue weighted by Crippen LogP contribution is 2.24. The SMILES string of the molecule is ClNCCCc1cccc(NCC2CCCCC2)c1. The van der Waals surface area contributed by atoms with E-state index in [1.165, 1.54) is 43.4 Å². The number of rotatable bonds is 7. The first-order valence-electron chi connectivity index (χ1n) is 7.55. The van der Waals surface area contributed by atoms with Crippen molar-refractivity contribution in [3.05, 3.63) is 29.8 Å². The van der Waals surface area contributed by atoms with E-state index in [4.69, 9.17) is 11.8 Å². The first-order valence-corrected chi connectivity index (χ1v) is 7.92. The molecular weight excluding hydrogens is 256 g/mol. The quantitative estimate of drug-likeness (QED) is 0.573. The van der Waals surface area contributed by atoms with Gasteiger partial charge in [-0.05, 0) is 61.1 Å². The summed E-state index contributed by atoms with van der Waals surface area (Å²) in [6, 6.07) is 8.79. The zero-order valence-corrected chi connectivity index (χ0v) is 12.4. The molecular formula is C16H25ClN2. The molecule has 2 N–H and O–H groups in total. The number of hydrogen-bond acceptors (Lipinski definition) is 2. The second kappa shape index (κ2) is 8.44. The normalized spacial score (nSPS) is 16.5. The summed E-state index contributed by atoms with van der Waals surface area (Å²) in [6.07, 6.45) is 9.21. The fourth-order valence-corrected chi connectivity index (χ4v) is 2.98. The molecule has 0 saturated heterocycles. The summed E-state index contributed by atoms with van der Waals surface area (Å²) in [7, 11) is 0. The van der Waals surface area contributed by atoms with Crippen molar-refractivity contribution >= 4 is 17.5 Å². The lowest BCUT2D eigenvalue weighted by Gasteiger charge is -2.22. The summed E-state index contributed by atoms with van der Waals surface area (Å²) in [6.45, 7) is 1.99. The molecule has 0 bridgehead atoms. The van der Waals surface area contributed by atoms with E-state index >= 15 is 0 Å². The summed E-state index contributed by atoms with van der Waals surface area (Å²) >= 11 is 5.47. The maximum absolute atomic E-state index is 5.47. The fraction of sp³-hybridized carbons (Fsp3) is 0.625. The van der Waals surface area contributed by atoms with E-state index in [1.54, 1.807) is 0 Å². The zero-order valence-electron chi connectivity index (χ0n) is 11.6. The van der Waals surface area contributed by atoms with E-state index in [1.807, 2.05) is 0 Å². The first-order chi connectivity index (χ1) is 9.38. The van der Waals surface area contributed by atoms with Crippen molar-refractivity contribution in [2.45, 2.75) is 44.9 Å². The van der Waals surface area contributed by atoms with E-state index in [9.17, 15) is 0 Å². The Morgan fingerprint density at radius 3 is 2.79 bits per heavy atom. The molecule has 0 amide bonds. The number of benzene rings is 1. The van der Waals surface area contributed by atoms with Crippen LogP contribution >= 0.6 is 11.8 Å². The van der Waals surface area contributed by atoms with Crippen LogP contribution in [-0.2, 0) is 6.42 Å². The number of aryl methyl sites for hydroxylation is 1. The third kappa shape index (κ3) is 5.42. The maximum atomic E-state index is 5.47. The van der Waals surface area contributed by atoms with Gasteiger partial charge in [0.1, 0.15) is 0 Å². The number of nitrogens with one attached hydrogen (secondary N) is 2. The van der Waals surface area contributed by atoms with Gasteiger partial charge in [0.25, 0.3) is 0 Å². The molecule has 0 spiro atoms. The van der Waals surface area contributed by atoms with Crippen LogP contribution in [-0.4, -0.2) is 13.1 Å². The molecule has 0 radical (unpaired) electrons. The van der Waals surface area contributed by atoms with Crippen molar-refractivity contribution < 1.29 is 0 Å². The van der Waals surface area contributed by atoms with Gasteiger partial charge in [-0.2, -0.15) is 0 Å². The molecule has 0 atom stereocenters. The molecule has 1 aromatic carbocycles. The van der Waals surface area contributed by atoms with Crippen LogP contribution in [0.5, 0.6) is 0 Å². The largest absolute Gasteiger partial charge is 0.385 e. The van der Waals surface area contributed by atoms with E-state index in [0.717, 1.165) is 31.8 Å². The third-order valence-electron chi connectivity index (χ3n) is 3.98. The van der Waals surface area contributed by atoms with Crippen LogP contribution in [0.4, 0.5) is 5.69 Å². The minimum Gasteiger partial charge on any atom is -0.385 e. The molecule has 1 saturated carbocycles. The molecule has 106 valence electrons. The van der Waals surface area contributed by atoms with E-state index in [0.29, 0.717) is 0 Å². The average molecular weight is 281 g/mol. The van der Waals surface area contributed by atoms with Gasteiger partial charge < -0.3 is 5.32 Å². The Morgan fingerprint density at radius 1 is 1.16 bits per heavy atom. The maximum Gasteiger partial charge on any atom is 0.0343 e. The minimum atomic E-state index is 0.862. The van der Waals surface area contributed by atoms with Gasteiger partial charge in [-0.25, -0.2) is 4.84 Å². The van der Waals surface area contributed by atoms with Gasteiger partial charge in [0.2, 0.25) is 0 Å². The van der Waals surface area contributed by atoms with Gasteiger partial charge in [0, 0.05) is 18.8 Å². The molecule has 3 heteroatoms. The number of anilines is 1. The van der Waals surface area contributed by atoms with Crippen LogP contribution < -0.4 is 10.2 Å². The topological polar surface area (TPSA) is 24.1 Å². The molecule has 2 rings (SSSR count). The predicted molar refractivity (Wildman–Crippen MR) is 83.7 cm³/mol. The zero-order chi connectivity index (χ0) is 13.3. The van der Waals surface area contributed by atoms with Gasteiger partial charge in [0.15, 0.2) is 0 Å².